The molecule has 0 N–H and O–H groups in total. The molecule has 4 heteroatoms. The van der Waals surface area contributed by atoms with Crippen molar-refractivity contribution in [1.82, 2.24) is 0 Å². The maximum Gasteiger partial charge on any atom is 0.0606 e. The van der Waals surface area contributed by atoms with Gasteiger partial charge in [-0.1, -0.05) is 20.3 Å². The molecule has 10 bridgehead atoms. The summed E-state index contributed by atoms with van der Waals surface area (Å²) in [6.07, 6.45) is 27.6. The van der Waals surface area contributed by atoms with Crippen LogP contribution < -0.4 is 0 Å². The van der Waals surface area contributed by atoms with Gasteiger partial charge in [-0.2, -0.15) is 35.3 Å². The zero-order chi connectivity index (χ0) is 27.7. The molecule has 0 aromatic carbocycles. The van der Waals surface area contributed by atoms with Crippen LogP contribution in [-0.2, 0) is 4.74 Å². The Morgan fingerprint density at radius 3 is 1.60 bits per heavy atom. The van der Waals surface area contributed by atoms with Crippen molar-refractivity contribution in [1.29, 1.82) is 0 Å². The molecule has 0 radical (unpaired) electrons. The largest absolute Gasteiger partial charge is 0.375 e. The van der Waals surface area contributed by atoms with Crippen molar-refractivity contribution in [2.75, 3.05) is 0 Å². The van der Waals surface area contributed by atoms with Crippen LogP contribution in [0.3, 0.4) is 0 Å². The van der Waals surface area contributed by atoms with E-state index in [0.29, 0.717) is 17.6 Å². The number of thioether (sulfide) groups is 3. The fourth-order valence-corrected chi connectivity index (χ4v) is 19.9. The Morgan fingerprint density at radius 2 is 1.12 bits per heavy atom. The van der Waals surface area contributed by atoms with Gasteiger partial charge in [-0.15, -0.1) is 0 Å². The van der Waals surface area contributed by atoms with Gasteiger partial charge in [0.15, 0.2) is 0 Å². The molecule has 8 unspecified atom stereocenters. The van der Waals surface area contributed by atoms with Gasteiger partial charge < -0.3 is 4.74 Å². The highest BCUT2D eigenvalue weighted by atomic mass is 32.2. The van der Waals surface area contributed by atoms with Gasteiger partial charge in [0.05, 0.1) is 12.2 Å². The summed E-state index contributed by atoms with van der Waals surface area (Å²) in [6.45, 7) is 5.74. The lowest BCUT2D eigenvalue weighted by molar-refractivity contribution is -0.187. The first-order valence-electron chi connectivity index (χ1n) is 19.1. The van der Waals surface area contributed by atoms with Gasteiger partial charge in [-0.3, -0.25) is 0 Å². The molecular formula is C38H58OS3. The van der Waals surface area contributed by atoms with Gasteiger partial charge >= 0.3 is 0 Å². The first-order chi connectivity index (χ1) is 20.5. The highest BCUT2D eigenvalue weighted by Gasteiger charge is 2.62. The molecule has 0 amide bonds. The van der Waals surface area contributed by atoms with E-state index in [1.807, 2.05) is 0 Å². The molecule has 1 nitrogen and oxygen atoms in total. The van der Waals surface area contributed by atoms with E-state index < -0.39 is 0 Å². The van der Waals surface area contributed by atoms with Crippen molar-refractivity contribution in [3.8, 4) is 0 Å². The molecule has 13 fully saturated rings. The monoisotopic (exact) mass is 626 g/mol. The molecule has 13 rings (SSSR count). The van der Waals surface area contributed by atoms with Crippen LogP contribution in [0.25, 0.3) is 0 Å². The van der Waals surface area contributed by atoms with Gasteiger partial charge in [0.25, 0.3) is 0 Å². The van der Waals surface area contributed by atoms with Crippen LogP contribution in [0.4, 0.5) is 0 Å². The molecule has 0 spiro atoms. The minimum absolute atomic E-state index is 0.620. The summed E-state index contributed by atoms with van der Waals surface area (Å²) < 4.78 is 6.30. The third-order valence-electron chi connectivity index (χ3n) is 16.3. The minimum Gasteiger partial charge on any atom is -0.375 e. The zero-order valence-electron chi connectivity index (χ0n) is 26.5. The van der Waals surface area contributed by atoms with Crippen molar-refractivity contribution in [2.24, 2.45) is 64.6 Å². The van der Waals surface area contributed by atoms with Gasteiger partial charge in [0.2, 0.25) is 0 Å². The van der Waals surface area contributed by atoms with E-state index in [-0.39, 0.29) is 0 Å². The molecule has 7 aliphatic heterocycles. The van der Waals surface area contributed by atoms with E-state index in [9.17, 15) is 0 Å². The van der Waals surface area contributed by atoms with Crippen molar-refractivity contribution >= 4 is 35.3 Å². The van der Waals surface area contributed by atoms with E-state index in [2.05, 4.69) is 49.1 Å². The lowest BCUT2D eigenvalue weighted by Crippen LogP contribution is -2.57. The molecule has 13 atom stereocenters. The van der Waals surface area contributed by atoms with Crippen LogP contribution in [0, 0.1) is 64.6 Å². The Bertz CT molecular complexity index is 977. The van der Waals surface area contributed by atoms with Crippen molar-refractivity contribution < 1.29 is 4.74 Å². The second kappa shape index (κ2) is 10.5. The lowest BCUT2D eigenvalue weighted by atomic mass is 9.48. The third kappa shape index (κ3) is 4.41. The summed E-state index contributed by atoms with van der Waals surface area (Å²) in [4.78, 5) is 0. The predicted molar refractivity (Wildman–Crippen MR) is 181 cm³/mol. The van der Waals surface area contributed by atoms with Gasteiger partial charge in [0.1, 0.15) is 0 Å². The Kier molecular flexibility index (Phi) is 7.02. The summed E-state index contributed by atoms with van der Waals surface area (Å²) >= 11 is 7.24. The summed E-state index contributed by atoms with van der Waals surface area (Å²) in [5.41, 5.74) is 0.701. The molecule has 13 aliphatic rings. The summed E-state index contributed by atoms with van der Waals surface area (Å²) in [5.74, 6) is 10.1. The van der Waals surface area contributed by atoms with Gasteiger partial charge in [0, 0.05) is 31.5 Å². The standard InChI is InChI=1S/C38H58OS3/c1-20(23-10-26-16-27(11-23)39-26)34(24-12-28-17-29(13-24)40-28)37(38-8-6-22(19-38)7-9-38)35(25-14-30-18-31(15-25)41-30)21(2)36-32-4-3-5-33(36)42-32/h20-37H,3-19H2,1-2H3/t20-,21+,22?,23?,24?,25?,26?,27?,28?,29?,30?,31?,32?,33?,34-,35-,36?,37+,38?/m0/s1. The molecule has 7 saturated heterocycles. The smallest absolute Gasteiger partial charge is 0.0606 e. The van der Waals surface area contributed by atoms with E-state index in [4.69, 9.17) is 4.74 Å². The Balaban J connectivity index is 1.07. The van der Waals surface area contributed by atoms with Crippen LogP contribution in [0.2, 0.25) is 0 Å². The quantitative estimate of drug-likeness (QED) is 0.252. The Labute approximate surface area is 270 Å². The topological polar surface area (TPSA) is 9.23 Å². The van der Waals surface area contributed by atoms with Crippen LogP contribution in [0.5, 0.6) is 0 Å². The summed E-state index contributed by atoms with van der Waals surface area (Å²) in [5, 5.41) is 6.11. The molecule has 234 valence electrons. The summed E-state index contributed by atoms with van der Waals surface area (Å²) in [7, 11) is 0. The second-order valence-electron chi connectivity index (χ2n) is 18.2. The number of ether oxygens (including phenoxy) is 1. The van der Waals surface area contributed by atoms with E-state index in [1.54, 1.807) is 83.5 Å². The van der Waals surface area contributed by atoms with Crippen molar-refractivity contribution in [3.05, 3.63) is 0 Å². The highest BCUT2D eigenvalue weighted by Crippen LogP contribution is 2.70. The SMILES string of the molecule is C[C@@H](C1CC2CC(C1)O2)[C@@H](C1CC2CC(C1)S2)[C@H]([C@H](C1CC2CC(C1)S2)[C@@H](C)C1C2CCCC1S2)C12CCC(CC1)C2. The number of rotatable bonds is 9. The van der Waals surface area contributed by atoms with Crippen LogP contribution in [0.1, 0.15) is 123 Å². The van der Waals surface area contributed by atoms with Crippen LogP contribution in [-0.4, -0.2) is 43.7 Å². The molecule has 6 aliphatic carbocycles. The first kappa shape index (κ1) is 28.1. The van der Waals surface area contributed by atoms with E-state index in [1.165, 1.54) is 25.7 Å². The number of hydrogen-bond donors (Lipinski definition) is 0. The molecular weight excluding hydrogens is 569 g/mol. The van der Waals surface area contributed by atoms with Crippen molar-refractivity contribution in [2.45, 2.75) is 167 Å². The fraction of sp³-hybridized carbons (Fsp3) is 1.00. The molecule has 7 heterocycles. The highest BCUT2D eigenvalue weighted by molar-refractivity contribution is 8.02. The maximum atomic E-state index is 6.30. The van der Waals surface area contributed by atoms with Crippen LogP contribution >= 0.6 is 35.3 Å². The average Bonchev–Trinajstić information content (AvgIpc) is 3.59. The van der Waals surface area contributed by atoms with E-state index in [0.717, 1.165) is 90.7 Å². The second-order valence-corrected chi connectivity index (χ2v) is 22.9. The van der Waals surface area contributed by atoms with Gasteiger partial charge in [-0.05, 0) is 167 Å². The molecule has 6 saturated carbocycles. The molecule has 0 aromatic heterocycles. The first-order valence-corrected chi connectivity index (χ1v) is 21.9. The Morgan fingerprint density at radius 1 is 0.595 bits per heavy atom. The number of hydrogen-bond acceptors (Lipinski definition) is 4. The minimum atomic E-state index is 0.620. The predicted octanol–water partition coefficient (Wildman–Crippen LogP) is 10.1. The fourth-order valence-electron chi connectivity index (χ4n) is 14.7. The average molecular weight is 627 g/mol. The number of fused-ring (bicyclic) bond motifs is 10. The molecule has 42 heavy (non-hydrogen) atoms. The molecule has 0 aromatic rings. The van der Waals surface area contributed by atoms with E-state index >= 15 is 0 Å². The van der Waals surface area contributed by atoms with Crippen molar-refractivity contribution in [3.63, 3.8) is 0 Å². The normalized spacial score (nSPS) is 56.6. The lowest BCUT2D eigenvalue weighted by Gasteiger charge is -2.62. The van der Waals surface area contributed by atoms with Crippen LogP contribution in [0.15, 0.2) is 0 Å². The zero-order valence-corrected chi connectivity index (χ0v) is 29.0. The maximum absolute atomic E-state index is 6.30. The third-order valence-corrected chi connectivity index (χ3v) is 21.2. The Hall–Kier alpha value is 1.01. The van der Waals surface area contributed by atoms with Gasteiger partial charge in [-0.25, -0.2) is 0 Å². The summed E-state index contributed by atoms with van der Waals surface area (Å²) in [6, 6.07) is 0.